The van der Waals surface area contributed by atoms with Gasteiger partial charge in [0.25, 0.3) is 0 Å². The normalized spacial score (nSPS) is 12.4. The maximum Gasteiger partial charge on any atom is 0.119 e. The summed E-state index contributed by atoms with van der Waals surface area (Å²) in [5.41, 5.74) is 6.26. The van der Waals surface area contributed by atoms with Crippen LogP contribution < -0.4 is 10.5 Å². The van der Waals surface area contributed by atoms with E-state index in [1.807, 2.05) is 19.1 Å². The number of aliphatic hydroxyl groups is 1. The van der Waals surface area contributed by atoms with Gasteiger partial charge in [-0.1, -0.05) is 6.92 Å². The van der Waals surface area contributed by atoms with Gasteiger partial charge in [-0.15, -0.1) is 0 Å². The van der Waals surface area contributed by atoms with E-state index in [0.717, 1.165) is 17.9 Å². The first-order chi connectivity index (χ1) is 6.72. The minimum Gasteiger partial charge on any atom is -0.493 e. The Kier molecular flexibility index (Phi) is 4.26. The Morgan fingerprint density at radius 3 is 2.57 bits per heavy atom. The second kappa shape index (κ2) is 5.50. The number of benzene rings is 1. The molecule has 3 nitrogen and oxygen atoms in total. The summed E-state index contributed by atoms with van der Waals surface area (Å²) in [6, 6.07) is 7.25. The largest absolute Gasteiger partial charge is 0.493 e. The summed E-state index contributed by atoms with van der Waals surface area (Å²) < 4.78 is 5.42. The van der Waals surface area contributed by atoms with E-state index in [0.29, 0.717) is 13.0 Å². The van der Waals surface area contributed by atoms with Crippen molar-refractivity contribution in [1.82, 2.24) is 0 Å². The van der Waals surface area contributed by atoms with Crippen molar-refractivity contribution in [2.45, 2.75) is 25.9 Å². The van der Waals surface area contributed by atoms with Crippen molar-refractivity contribution in [3.05, 3.63) is 24.3 Å². The van der Waals surface area contributed by atoms with Crippen LogP contribution in [0, 0.1) is 0 Å². The highest BCUT2D eigenvalue weighted by Crippen LogP contribution is 2.13. The molecule has 0 aromatic heterocycles. The first-order valence-electron chi connectivity index (χ1n) is 4.88. The van der Waals surface area contributed by atoms with Gasteiger partial charge in [0.15, 0.2) is 0 Å². The fourth-order valence-electron chi connectivity index (χ4n) is 1.08. The molecule has 14 heavy (non-hydrogen) atoms. The molecule has 3 heteroatoms. The van der Waals surface area contributed by atoms with Crippen molar-refractivity contribution in [1.29, 1.82) is 0 Å². The van der Waals surface area contributed by atoms with Gasteiger partial charge >= 0.3 is 0 Å². The van der Waals surface area contributed by atoms with E-state index >= 15 is 0 Å². The first-order valence-corrected chi connectivity index (χ1v) is 4.88. The molecule has 0 aliphatic carbocycles. The summed E-state index contributed by atoms with van der Waals surface area (Å²) in [4.78, 5) is 0. The van der Waals surface area contributed by atoms with Gasteiger partial charge < -0.3 is 15.6 Å². The Morgan fingerprint density at radius 1 is 1.36 bits per heavy atom. The van der Waals surface area contributed by atoms with Crippen LogP contribution in [0.3, 0.4) is 0 Å². The second-order valence-electron chi connectivity index (χ2n) is 3.27. The van der Waals surface area contributed by atoms with Crippen LogP contribution in [0.25, 0.3) is 0 Å². The Hall–Kier alpha value is -1.22. The highest BCUT2D eigenvalue weighted by molar-refractivity contribution is 5.41. The molecule has 0 aliphatic heterocycles. The minimum atomic E-state index is -0.260. The third-order valence-electron chi connectivity index (χ3n) is 2.07. The summed E-state index contributed by atoms with van der Waals surface area (Å²) in [7, 11) is 0. The molecule has 0 aliphatic rings. The lowest BCUT2D eigenvalue weighted by Gasteiger charge is -2.09. The highest BCUT2D eigenvalue weighted by atomic mass is 16.5. The maximum absolute atomic E-state index is 9.28. The predicted octanol–water partition coefficient (Wildman–Crippen LogP) is 1.81. The predicted molar refractivity (Wildman–Crippen MR) is 57.3 cm³/mol. The molecule has 0 saturated heterocycles. The fraction of sp³-hybridized carbons (Fsp3) is 0.455. The molecule has 1 aromatic carbocycles. The standard InChI is InChI=1S/C11H17NO2/c1-2-10(13)7-8-14-11-5-3-9(12)4-6-11/h3-6,10,13H,2,7-8,12H2,1H3. The van der Waals surface area contributed by atoms with Crippen molar-refractivity contribution in [2.24, 2.45) is 0 Å². The molecule has 0 spiro atoms. The van der Waals surface area contributed by atoms with E-state index in [4.69, 9.17) is 10.5 Å². The van der Waals surface area contributed by atoms with Crippen LogP contribution in [0.15, 0.2) is 24.3 Å². The molecule has 1 aromatic rings. The minimum absolute atomic E-state index is 0.260. The van der Waals surface area contributed by atoms with Crippen LogP contribution in [0.4, 0.5) is 5.69 Å². The monoisotopic (exact) mass is 195 g/mol. The number of hydrogen-bond acceptors (Lipinski definition) is 3. The molecule has 0 heterocycles. The fourth-order valence-corrected chi connectivity index (χ4v) is 1.08. The number of anilines is 1. The number of hydrogen-bond donors (Lipinski definition) is 2. The summed E-state index contributed by atoms with van der Waals surface area (Å²) in [5.74, 6) is 0.794. The van der Waals surface area contributed by atoms with Crippen LogP contribution in [0.2, 0.25) is 0 Å². The summed E-state index contributed by atoms with van der Waals surface area (Å²) in [6.45, 7) is 2.49. The number of nitrogen functional groups attached to an aromatic ring is 1. The van der Waals surface area contributed by atoms with Crippen molar-refractivity contribution in [3.63, 3.8) is 0 Å². The highest BCUT2D eigenvalue weighted by Gasteiger charge is 2.00. The number of nitrogens with two attached hydrogens (primary N) is 1. The SMILES string of the molecule is CCC(O)CCOc1ccc(N)cc1. The zero-order valence-corrected chi connectivity index (χ0v) is 8.44. The smallest absolute Gasteiger partial charge is 0.119 e. The first kappa shape index (κ1) is 10.9. The lowest BCUT2D eigenvalue weighted by atomic mass is 10.2. The van der Waals surface area contributed by atoms with E-state index < -0.39 is 0 Å². The van der Waals surface area contributed by atoms with Crippen molar-refractivity contribution < 1.29 is 9.84 Å². The second-order valence-corrected chi connectivity index (χ2v) is 3.27. The Morgan fingerprint density at radius 2 is 2.00 bits per heavy atom. The number of rotatable bonds is 5. The summed E-state index contributed by atoms with van der Waals surface area (Å²) in [5, 5.41) is 9.28. The molecular formula is C11H17NO2. The van der Waals surface area contributed by atoms with Crippen molar-refractivity contribution in [3.8, 4) is 5.75 Å². The van der Waals surface area contributed by atoms with E-state index in [-0.39, 0.29) is 6.10 Å². The summed E-state index contributed by atoms with van der Waals surface area (Å²) in [6.07, 6.45) is 1.18. The molecule has 1 unspecified atom stereocenters. The maximum atomic E-state index is 9.28. The van der Waals surface area contributed by atoms with Crippen LogP contribution in [-0.4, -0.2) is 17.8 Å². The Labute approximate surface area is 84.5 Å². The third kappa shape index (κ3) is 3.66. The van der Waals surface area contributed by atoms with Crippen LogP contribution in [0.1, 0.15) is 19.8 Å². The molecule has 78 valence electrons. The van der Waals surface area contributed by atoms with Gasteiger partial charge in [-0.05, 0) is 30.7 Å². The van der Waals surface area contributed by atoms with Gasteiger partial charge in [0.05, 0.1) is 12.7 Å². The van der Waals surface area contributed by atoms with Gasteiger partial charge in [0.1, 0.15) is 5.75 Å². The molecule has 1 rings (SSSR count). The zero-order chi connectivity index (χ0) is 10.4. The molecule has 0 fully saturated rings. The number of ether oxygens (including phenoxy) is 1. The third-order valence-corrected chi connectivity index (χ3v) is 2.07. The topological polar surface area (TPSA) is 55.5 Å². The van der Waals surface area contributed by atoms with Crippen molar-refractivity contribution in [2.75, 3.05) is 12.3 Å². The Balaban J connectivity index is 2.28. The number of aliphatic hydroxyl groups excluding tert-OH is 1. The lowest BCUT2D eigenvalue weighted by molar-refractivity contribution is 0.135. The quantitative estimate of drug-likeness (QED) is 0.704. The lowest BCUT2D eigenvalue weighted by Crippen LogP contribution is -2.10. The average molecular weight is 195 g/mol. The molecule has 0 amide bonds. The molecule has 0 bridgehead atoms. The van der Waals surface area contributed by atoms with E-state index in [2.05, 4.69) is 0 Å². The van der Waals surface area contributed by atoms with E-state index in [1.165, 1.54) is 0 Å². The molecule has 0 saturated carbocycles. The van der Waals surface area contributed by atoms with E-state index in [1.54, 1.807) is 12.1 Å². The van der Waals surface area contributed by atoms with Gasteiger partial charge in [-0.2, -0.15) is 0 Å². The molecule has 0 radical (unpaired) electrons. The van der Waals surface area contributed by atoms with Crippen LogP contribution >= 0.6 is 0 Å². The van der Waals surface area contributed by atoms with Crippen molar-refractivity contribution >= 4 is 5.69 Å². The molecule has 1 atom stereocenters. The van der Waals surface area contributed by atoms with E-state index in [9.17, 15) is 5.11 Å². The van der Waals surface area contributed by atoms with Gasteiger partial charge in [0, 0.05) is 12.1 Å². The average Bonchev–Trinajstić information content (AvgIpc) is 2.21. The van der Waals surface area contributed by atoms with Crippen LogP contribution in [0.5, 0.6) is 5.75 Å². The van der Waals surface area contributed by atoms with Crippen LogP contribution in [-0.2, 0) is 0 Å². The summed E-state index contributed by atoms with van der Waals surface area (Å²) >= 11 is 0. The van der Waals surface area contributed by atoms with Gasteiger partial charge in [0.2, 0.25) is 0 Å². The zero-order valence-electron chi connectivity index (χ0n) is 8.44. The molecule has 3 N–H and O–H groups in total. The Bertz CT molecular complexity index is 258. The van der Waals surface area contributed by atoms with Gasteiger partial charge in [-0.25, -0.2) is 0 Å². The molecular weight excluding hydrogens is 178 g/mol. The van der Waals surface area contributed by atoms with Gasteiger partial charge in [-0.3, -0.25) is 0 Å².